The number of nitrogens with two attached hydrogens (primary N) is 2. The van der Waals surface area contributed by atoms with Crippen molar-refractivity contribution in [1.82, 2.24) is 5.32 Å². The van der Waals surface area contributed by atoms with Gasteiger partial charge in [0.25, 0.3) is 0 Å². The van der Waals surface area contributed by atoms with Crippen molar-refractivity contribution in [2.45, 2.75) is 11.7 Å². The summed E-state index contributed by atoms with van der Waals surface area (Å²) in [5.41, 5.74) is 10.9. The molecule has 0 aliphatic carbocycles. The second-order valence-corrected chi connectivity index (χ2v) is 2.70. The summed E-state index contributed by atoms with van der Waals surface area (Å²) in [5.74, 6) is 0.932. The maximum Gasteiger partial charge on any atom is 0.104 e. The van der Waals surface area contributed by atoms with Gasteiger partial charge in [-0.25, -0.2) is 0 Å². The van der Waals surface area contributed by atoms with Gasteiger partial charge in [-0.15, -0.1) is 11.8 Å². The summed E-state index contributed by atoms with van der Waals surface area (Å²) in [6.45, 7) is 0. The average Bonchev–Trinajstić information content (AvgIpc) is 1.87. The second-order valence-electron chi connectivity index (χ2n) is 1.53. The Balaban J connectivity index is 2.26. The number of hydrogen-bond acceptors (Lipinski definition) is 4. The van der Waals surface area contributed by atoms with Crippen LogP contribution in [0, 0.1) is 0 Å². The van der Waals surface area contributed by atoms with E-state index < -0.39 is 0 Å². The number of rotatable bonds is 0. The zero-order valence-corrected chi connectivity index (χ0v) is 4.74. The molecule has 7 heavy (non-hydrogen) atoms. The minimum Gasteiger partial charge on any atom is -0.315 e. The molecule has 0 radical (unpaired) electrons. The highest BCUT2D eigenvalue weighted by Gasteiger charge is 2.15. The van der Waals surface area contributed by atoms with E-state index >= 15 is 0 Å². The maximum atomic E-state index is 5.41. The van der Waals surface area contributed by atoms with Crippen LogP contribution < -0.4 is 16.8 Å². The van der Waals surface area contributed by atoms with Gasteiger partial charge in [0.15, 0.2) is 0 Å². The van der Waals surface area contributed by atoms with Crippen molar-refractivity contribution in [2.24, 2.45) is 11.5 Å². The quantitative estimate of drug-likeness (QED) is 0.377. The molecule has 5 N–H and O–H groups in total. The van der Waals surface area contributed by atoms with Gasteiger partial charge >= 0.3 is 0 Å². The molecule has 1 aliphatic rings. The molecule has 1 fully saturated rings. The summed E-state index contributed by atoms with van der Waals surface area (Å²) in [6, 6.07) is 0. The highest BCUT2D eigenvalue weighted by molar-refractivity contribution is 8.00. The number of hydrogen-bond donors (Lipinski definition) is 3. The van der Waals surface area contributed by atoms with Crippen LogP contribution in [-0.4, -0.2) is 17.4 Å². The maximum absolute atomic E-state index is 5.41. The van der Waals surface area contributed by atoms with Crippen LogP contribution in [0.25, 0.3) is 0 Å². The van der Waals surface area contributed by atoms with Gasteiger partial charge in [0.2, 0.25) is 0 Å². The van der Waals surface area contributed by atoms with E-state index in [1.807, 2.05) is 0 Å². The van der Waals surface area contributed by atoms with Gasteiger partial charge in [-0.1, -0.05) is 0 Å². The lowest BCUT2D eigenvalue weighted by Gasteiger charge is -2.00. The zero-order chi connectivity index (χ0) is 5.28. The molecule has 1 aliphatic heterocycles. The summed E-state index contributed by atoms with van der Waals surface area (Å²) in [7, 11) is 0. The Morgan fingerprint density at radius 1 is 1.57 bits per heavy atom. The predicted molar refractivity (Wildman–Crippen MR) is 31.5 cm³/mol. The Bertz CT molecular complexity index is 59.2. The molecule has 0 saturated carbocycles. The zero-order valence-electron chi connectivity index (χ0n) is 3.92. The van der Waals surface area contributed by atoms with E-state index in [1.54, 1.807) is 11.8 Å². The Hall–Kier alpha value is 0.230. The number of nitrogens with one attached hydrogen (secondary N) is 1. The van der Waals surface area contributed by atoms with Crippen molar-refractivity contribution in [1.29, 1.82) is 0 Å². The lowest BCUT2D eigenvalue weighted by atomic mass is 10.6. The van der Waals surface area contributed by atoms with Crippen molar-refractivity contribution in [3.05, 3.63) is 0 Å². The molecular weight excluding hydrogens is 110 g/mol. The molecule has 42 valence electrons. The molecule has 0 aromatic heterocycles. The van der Waals surface area contributed by atoms with Crippen molar-refractivity contribution in [2.75, 3.05) is 5.75 Å². The van der Waals surface area contributed by atoms with Gasteiger partial charge in [0, 0.05) is 5.75 Å². The van der Waals surface area contributed by atoms with E-state index in [1.165, 1.54) is 0 Å². The smallest absolute Gasteiger partial charge is 0.104 e. The third kappa shape index (κ3) is 1.31. The van der Waals surface area contributed by atoms with E-state index in [9.17, 15) is 0 Å². The van der Waals surface area contributed by atoms with Gasteiger partial charge in [0.05, 0.1) is 6.17 Å². The van der Waals surface area contributed by atoms with Crippen molar-refractivity contribution >= 4 is 11.8 Å². The third-order valence-electron chi connectivity index (χ3n) is 0.834. The van der Waals surface area contributed by atoms with Crippen LogP contribution in [0.2, 0.25) is 0 Å². The first-order valence-corrected chi connectivity index (χ1v) is 3.23. The van der Waals surface area contributed by atoms with E-state index in [0.29, 0.717) is 0 Å². The van der Waals surface area contributed by atoms with Crippen molar-refractivity contribution < 1.29 is 0 Å². The fourth-order valence-electron chi connectivity index (χ4n) is 0.515. The normalized spacial score (nSPS) is 42.0. The summed E-state index contributed by atoms with van der Waals surface area (Å²) in [6.07, 6.45) is 0.111. The highest BCUT2D eigenvalue weighted by atomic mass is 32.2. The SMILES string of the molecule is N[C@H]1CS[C@@H](N)N1. The third-order valence-corrected chi connectivity index (χ3v) is 1.88. The Morgan fingerprint density at radius 3 is 2.43 bits per heavy atom. The lowest BCUT2D eigenvalue weighted by Crippen LogP contribution is -2.40. The molecular formula is C3H9N3S. The number of thioether (sulfide) groups is 1. The van der Waals surface area contributed by atoms with Crippen LogP contribution in [0.4, 0.5) is 0 Å². The summed E-state index contributed by atoms with van der Waals surface area (Å²) in [5, 5.41) is 2.94. The van der Waals surface area contributed by atoms with Crippen LogP contribution in [0.5, 0.6) is 0 Å². The van der Waals surface area contributed by atoms with Crippen LogP contribution in [0.1, 0.15) is 0 Å². The van der Waals surface area contributed by atoms with Crippen molar-refractivity contribution in [3.8, 4) is 0 Å². The van der Waals surface area contributed by atoms with Gasteiger partial charge in [-0.3, -0.25) is 5.32 Å². The van der Waals surface area contributed by atoms with Crippen molar-refractivity contribution in [3.63, 3.8) is 0 Å². The van der Waals surface area contributed by atoms with E-state index in [-0.39, 0.29) is 11.7 Å². The first-order valence-electron chi connectivity index (χ1n) is 2.18. The molecule has 1 rings (SSSR count). The molecule has 0 amide bonds. The van der Waals surface area contributed by atoms with Crippen LogP contribution in [0.3, 0.4) is 0 Å². The fraction of sp³-hybridized carbons (Fsp3) is 1.00. The molecule has 1 heterocycles. The molecule has 0 unspecified atom stereocenters. The lowest BCUT2D eigenvalue weighted by molar-refractivity contribution is 0.591. The van der Waals surface area contributed by atoms with Crippen LogP contribution in [0.15, 0.2) is 0 Å². The summed E-state index contributed by atoms with van der Waals surface area (Å²) < 4.78 is 0. The Labute approximate surface area is 46.8 Å². The molecule has 0 aromatic rings. The predicted octanol–water partition coefficient (Wildman–Crippen LogP) is -1.15. The van der Waals surface area contributed by atoms with E-state index in [0.717, 1.165) is 5.75 Å². The Kier molecular flexibility index (Phi) is 1.53. The van der Waals surface area contributed by atoms with Crippen LogP contribution >= 0.6 is 11.8 Å². The first-order chi connectivity index (χ1) is 3.29. The van der Waals surface area contributed by atoms with Gasteiger partial charge in [-0.05, 0) is 0 Å². The molecule has 0 bridgehead atoms. The molecule has 0 aromatic carbocycles. The van der Waals surface area contributed by atoms with E-state index in [2.05, 4.69) is 5.32 Å². The molecule has 3 nitrogen and oxygen atoms in total. The second kappa shape index (κ2) is 2.00. The molecule has 2 atom stereocenters. The topological polar surface area (TPSA) is 64.1 Å². The first kappa shape index (κ1) is 5.37. The summed E-state index contributed by atoms with van der Waals surface area (Å²) >= 11 is 1.65. The monoisotopic (exact) mass is 119 g/mol. The largest absolute Gasteiger partial charge is 0.315 e. The molecule has 1 saturated heterocycles. The average molecular weight is 119 g/mol. The Morgan fingerprint density at radius 2 is 2.29 bits per heavy atom. The van der Waals surface area contributed by atoms with E-state index in [4.69, 9.17) is 11.5 Å². The van der Waals surface area contributed by atoms with Gasteiger partial charge < -0.3 is 11.5 Å². The summed E-state index contributed by atoms with van der Waals surface area (Å²) in [4.78, 5) is 0. The fourth-order valence-corrected chi connectivity index (χ4v) is 1.30. The molecule has 4 heteroatoms. The van der Waals surface area contributed by atoms with Gasteiger partial charge in [0.1, 0.15) is 5.50 Å². The minimum absolute atomic E-state index is 0.0648. The minimum atomic E-state index is 0.0648. The standard InChI is InChI=1S/C3H9N3S/c4-2-1-7-3(5)6-2/h2-3,6H,1,4-5H2/t2-,3+/m1/s1. The van der Waals surface area contributed by atoms with Gasteiger partial charge in [-0.2, -0.15) is 0 Å². The highest BCUT2D eigenvalue weighted by Crippen LogP contribution is 2.09. The van der Waals surface area contributed by atoms with Crippen LogP contribution in [-0.2, 0) is 0 Å². The molecule has 0 spiro atoms.